The van der Waals surface area contributed by atoms with Crippen molar-refractivity contribution in [2.24, 2.45) is 11.5 Å². The second kappa shape index (κ2) is 5.56. The van der Waals surface area contributed by atoms with E-state index in [0.29, 0.717) is 16.6 Å². The van der Waals surface area contributed by atoms with Gasteiger partial charge in [-0.3, -0.25) is 0 Å². The smallest absolute Gasteiger partial charge is 0.0468 e. The normalized spacial score (nSPS) is 12.9. The molecule has 0 aromatic heterocycles. The molecule has 0 heterocycles. The summed E-state index contributed by atoms with van der Waals surface area (Å²) in [5, 5.41) is 1.26. The summed E-state index contributed by atoms with van der Waals surface area (Å²) in [7, 11) is 0. The van der Waals surface area contributed by atoms with E-state index in [4.69, 9.17) is 34.7 Å². The molecule has 1 aromatic carbocycles. The number of benzene rings is 1. The molecule has 0 aliphatic rings. The Morgan fingerprint density at radius 3 is 2.57 bits per heavy atom. The van der Waals surface area contributed by atoms with Gasteiger partial charge in [0.25, 0.3) is 0 Å². The monoisotopic (exact) mass is 232 g/mol. The van der Waals surface area contributed by atoms with Crippen LogP contribution in [0.1, 0.15) is 24.4 Å². The van der Waals surface area contributed by atoms with Gasteiger partial charge < -0.3 is 11.5 Å². The van der Waals surface area contributed by atoms with Gasteiger partial charge in [0.1, 0.15) is 0 Å². The zero-order valence-electron chi connectivity index (χ0n) is 7.84. The number of nitrogens with two attached hydrogens (primary N) is 2. The van der Waals surface area contributed by atoms with E-state index in [1.807, 2.05) is 6.07 Å². The van der Waals surface area contributed by atoms with Gasteiger partial charge in [0.2, 0.25) is 0 Å². The lowest BCUT2D eigenvalue weighted by atomic mass is 10.0. The van der Waals surface area contributed by atoms with E-state index in [1.165, 1.54) is 0 Å². The molecule has 0 spiro atoms. The van der Waals surface area contributed by atoms with Crippen LogP contribution in [0.4, 0.5) is 0 Å². The Bertz CT molecular complexity index is 302. The average Bonchev–Trinajstić information content (AvgIpc) is 2.14. The maximum atomic E-state index is 6.01. The lowest BCUT2D eigenvalue weighted by Crippen LogP contribution is -2.12. The quantitative estimate of drug-likeness (QED) is 0.839. The van der Waals surface area contributed by atoms with Gasteiger partial charge in [-0.1, -0.05) is 29.3 Å². The summed E-state index contributed by atoms with van der Waals surface area (Å²) < 4.78 is 0. The van der Waals surface area contributed by atoms with Crippen molar-refractivity contribution >= 4 is 23.2 Å². The van der Waals surface area contributed by atoms with Crippen LogP contribution in [-0.2, 0) is 0 Å². The highest BCUT2D eigenvalue weighted by molar-refractivity contribution is 6.35. The van der Waals surface area contributed by atoms with Crippen molar-refractivity contribution < 1.29 is 0 Å². The second-order valence-corrected chi connectivity index (χ2v) is 4.05. The van der Waals surface area contributed by atoms with Crippen LogP contribution >= 0.6 is 23.2 Å². The summed E-state index contributed by atoms with van der Waals surface area (Å²) in [5.74, 6) is 0. The second-order valence-electron chi connectivity index (χ2n) is 3.20. The fourth-order valence-corrected chi connectivity index (χ4v) is 1.84. The minimum Gasteiger partial charge on any atom is -0.330 e. The van der Waals surface area contributed by atoms with E-state index >= 15 is 0 Å². The molecule has 1 unspecified atom stereocenters. The van der Waals surface area contributed by atoms with Crippen LogP contribution in [-0.4, -0.2) is 6.54 Å². The molecule has 0 aliphatic heterocycles. The summed E-state index contributed by atoms with van der Waals surface area (Å²) in [6.45, 7) is 0.652. The molecule has 0 bridgehead atoms. The molecule has 0 saturated carbocycles. The van der Waals surface area contributed by atoms with Crippen molar-refractivity contribution in [3.8, 4) is 0 Å². The predicted molar refractivity (Wildman–Crippen MR) is 61.7 cm³/mol. The summed E-state index contributed by atoms with van der Waals surface area (Å²) in [4.78, 5) is 0. The fourth-order valence-electron chi connectivity index (χ4n) is 1.30. The standard InChI is InChI=1S/C10H14Cl2N2/c11-7-3-4-8(9(12)6-7)10(14)2-1-5-13/h3-4,6,10H,1-2,5,13-14H2. The predicted octanol–water partition coefficient (Wildman–Crippen LogP) is 2.73. The topological polar surface area (TPSA) is 52.0 Å². The lowest BCUT2D eigenvalue weighted by molar-refractivity contribution is 0.618. The first-order valence-electron chi connectivity index (χ1n) is 4.55. The van der Waals surface area contributed by atoms with E-state index in [9.17, 15) is 0 Å². The summed E-state index contributed by atoms with van der Waals surface area (Å²) in [6.07, 6.45) is 1.75. The SMILES string of the molecule is NCCCC(N)c1ccc(Cl)cc1Cl. The maximum absolute atomic E-state index is 6.01. The van der Waals surface area contributed by atoms with Crippen LogP contribution in [0, 0.1) is 0 Å². The zero-order valence-corrected chi connectivity index (χ0v) is 9.35. The third kappa shape index (κ3) is 3.14. The first kappa shape index (κ1) is 11.8. The maximum Gasteiger partial charge on any atom is 0.0468 e. The molecule has 14 heavy (non-hydrogen) atoms. The summed E-state index contributed by atoms with van der Waals surface area (Å²) in [5.41, 5.74) is 12.3. The van der Waals surface area contributed by atoms with Crippen molar-refractivity contribution in [3.63, 3.8) is 0 Å². The van der Waals surface area contributed by atoms with Gasteiger partial charge in [-0.15, -0.1) is 0 Å². The van der Waals surface area contributed by atoms with Gasteiger partial charge in [-0.25, -0.2) is 0 Å². The first-order chi connectivity index (χ1) is 6.65. The zero-order chi connectivity index (χ0) is 10.6. The number of hydrogen-bond donors (Lipinski definition) is 2. The van der Waals surface area contributed by atoms with Crippen LogP contribution < -0.4 is 11.5 Å². The van der Waals surface area contributed by atoms with E-state index in [0.717, 1.165) is 18.4 Å². The Morgan fingerprint density at radius 2 is 2.00 bits per heavy atom. The van der Waals surface area contributed by atoms with Gasteiger partial charge >= 0.3 is 0 Å². The molecule has 1 atom stereocenters. The molecule has 2 nitrogen and oxygen atoms in total. The molecule has 1 aromatic rings. The summed E-state index contributed by atoms with van der Waals surface area (Å²) >= 11 is 11.8. The Labute approximate surface area is 94.2 Å². The van der Waals surface area contributed by atoms with Gasteiger partial charge in [0.15, 0.2) is 0 Å². The van der Waals surface area contributed by atoms with E-state index in [2.05, 4.69) is 0 Å². The highest BCUT2D eigenvalue weighted by Gasteiger charge is 2.09. The van der Waals surface area contributed by atoms with Gasteiger partial charge in [-0.05, 0) is 37.1 Å². The molecular weight excluding hydrogens is 219 g/mol. The third-order valence-electron chi connectivity index (χ3n) is 2.08. The third-order valence-corrected chi connectivity index (χ3v) is 2.64. The van der Waals surface area contributed by atoms with Crippen LogP contribution in [0.15, 0.2) is 18.2 Å². The Kier molecular flexibility index (Phi) is 4.69. The Hall–Kier alpha value is -0.280. The molecule has 0 saturated heterocycles. The molecule has 78 valence electrons. The molecule has 0 fully saturated rings. The minimum absolute atomic E-state index is 0.0525. The van der Waals surface area contributed by atoms with Crippen molar-refractivity contribution in [1.29, 1.82) is 0 Å². The molecule has 0 amide bonds. The van der Waals surface area contributed by atoms with E-state index in [1.54, 1.807) is 12.1 Å². The van der Waals surface area contributed by atoms with Gasteiger partial charge in [-0.2, -0.15) is 0 Å². The van der Waals surface area contributed by atoms with Gasteiger partial charge in [0.05, 0.1) is 0 Å². The lowest BCUT2D eigenvalue weighted by Gasteiger charge is -2.13. The number of rotatable bonds is 4. The molecule has 1 rings (SSSR count). The van der Waals surface area contributed by atoms with Crippen LogP contribution in [0.3, 0.4) is 0 Å². The Balaban J connectivity index is 2.74. The van der Waals surface area contributed by atoms with Crippen molar-refractivity contribution in [2.75, 3.05) is 6.54 Å². The van der Waals surface area contributed by atoms with Crippen LogP contribution in [0.5, 0.6) is 0 Å². The highest BCUT2D eigenvalue weighted by Crippen LogP contribution is 2.27. The molecule has 4 N–H and O–H groups in total. The average molecular weight is 233 g/mol. The van der Waals surface area contributed by atoms with Gasteiger partial charge in [0, 0.05) is 16.1 Å². The minimum atomic E-state index is -0.0525. The van der Waals surface area contributed by atoms with Crippen molar-refractivity contribution in [3.05, 3.63) is 33.8 Å². The van der Waals surface area contributed by atoms with Crippen molar-refractivity contribution in [1.82, 2.24) is 0 Å². The highest BCUT2D eigenvalue weighted by atomic mass is 35.5. The van der Waals surface area contributed by atoms with E-state index in [-0.39, 0.29) is 6.04 Å². The largest absolute Gasteiger partial charge is 0.330 e. The number of halogens is 2. The Morgan fingerprint density at radius 1 is 1.29 bits per heavy atom. The van der Waals surface area contributed by atoms with Crippen molar-refractivity contribution in [2.45, 2.75) is 18.9 Å². The molecule has 0 radical (unpaired) electrons. The molecular formula is C10H14Cl2N2. The van der Waals surface area contributed by atoms with Crippen LogP contribution in [0.25, 0.3) is 0 Å². The van der Waals surface area contributed by atoms with Crippen LogP contribution in [0.2, 0.25) is 10.0 Å². The van der Waals surface area contributed by atoms with E-state index < -0.39 is 0 Å². The fraction of sp³-hybridized carbons (Fsp3) is 0.400. The first-order valence-corrected chi connectivity index (χ1v) is 5.31. The molecule has 4 heteroatoms. The number of hydrogen-bond acceptors (Lipinski definition) is 2. The molecule has 0 aliphatic carbocycles. The summed E-state index contributed by atoms with van der Waals surface area (Å²) in [6, 6.07) is 5.32.